The summed E-state index contributed by atoms with van der Waals surface area (Å²) >= 11 is 11.7. The number of methoxy groups -OCH3 is 2. The molecule has 1 amide bonds. The summed E-state index contributed by atoms with van der Waals surface area (Å²) in [6.07, 6.45) is 3.70. The van der Waals surface area contributed by atoms with Crippen molar-refractivity contribution < 1.29 is 14.3 Å². The Kier molecular flexibility index (Phi) is 6.29. The summed E-state index contributed by atoms with van der Waals surface area (Å²) in [5.74, 6) is 1.39. The van der Waals surface area contributed by atoms with Gasteiger partial charge in [0, 0.05) is 34.7 Å². The van der Waals surface area contributed by atoms with Crippen molar-refractivity contribution in [3.8, 4) is 22.9 Å². The highest BCUT2D eigenvalue weighted by Gasteiger charge is 2.16. The maximum Gasteiger partial charge on any atom is 0.246 e. The predicted molar refractivity (Wildman–Crippen MR) is 125 cm³/mol. The van der Waals surface area contributed by atoms with Crippen molar-refractivity contribution in [3.05, 3.63) is 76.8 Å². The Balaban J connectivity index is 1.64. The lowest BCUT2D eigenvalue weighted by Gasteiger charge is -2.10. The third-order valence-electron chi connectivity index (χ3n) is 4.70. The largest absolute Gasteiger partial charge is 0.493 e. The van der Waals surface area contributed by atoms with E-state index in [0.29, 0.717) is 32.8 Å². The third kappa shape index (κ3) is 4.39. The van der Waals surface area contributed by atoms with E-state index in [1.165, 1.54) is 11.8 Å². The monoisotopic (exact) mass is 469 g/mol. The first-order valence-corrected chi connectivity index (χ1v) is 10.4. The molecule has 0 saturated heterocycles. The van der Waals surface area contributed by atoms with Crippen LogP contribution in [0.4, 0.5) is 5.69 Å². The molecule has 10 heteroatoms. The summed E-state index contributed by atoms with van der Waals surface area (Å²) in [5, 5.41) is 8.07. The molecule has 0 aliphatic heterocycles. The van der Waals surface area contributed by atoms with Gasteiger partial charge in [0.1, 0.15) is 6.54 Å². The number of nitrogens with one attached hydrogen (secondary N) is 1. The van der Waals surface area contributed by atoms with Gasteiger partial charge in [0.05, 0.1) is 14.2 Å². The van der Waals surface area contributed by atoms with E-state index in [-0.39, 0.29) is 12.5 Å². The molecule has 0 radical (unpaired) electrons. The average molecular weight is 470 g/mol. The molecular weight excluding hydrogens is 450 g/mol. The molecular formula is C22H20ClN5O3S. The zero-order valence-corrected chi connectivity index (χ0v) is 18.9. The number of nitrogens with zero attached hydrogens (tertiary/aromatic N) is 4. The van der Waals surface area contributed by atoms with Crippen molar-refractivity contribution >= 4 is 35.4 Å². The number of halogens is 1. The Morgan fingerprint density at radius 2 is 1.75 bits per heavy atom. The molecule has 0 unspecified atom stereocenters. The van der Waals surface area contributed by atoms with Gasteiger partial charge in [-0.05, 0) is 60.7 Å². The number of hydrogen-bond acceptors (Lipinski definition) is 5. The molecule has 32 heavy (non-hydrogen) atoms. The zero-order valence-electron chi connectivity index (χ0n) is 17.4. The molecule has 0 spiro atoms. The van der Waals surface area contributed by atoms with Crippen LogP contribution in [0.3, 0.4) is 0 Å². The number of ether oxygens (including phenoxy) is 2. The fourth-order valence-corrected chi connectivity index (χ4v) is 3.61. The van der Waals surface area contributed by atoms with Gasteiger partial charge in [-0.2, -0.15) is 0 Å². The first kappa shape index (κ1) is 21.7. The SMILES string of the molecule is COc1ccc(NC(=O)Cn2nc(-c3ccc(Cl)cc3)n(-n3cccc3)c2=S)cc1OC. The van der Waals surface area contributed by atoms with E-state index in [0.717, 1.165) is 5.56 Å². The molecule has 2 aromatic heterocycles. The second-order valence-corrected chi connectivity index (χ2v) is 7.57. The van der Waals surface area contributed by atoms with Gasteiger partial charge in [-0.3, -0.25) is 9.47 Å². The van der Waals surface area contributed by atoms with E-state index in [4.69, 9.17) is 33.3 Å². The van der Waals surface area contributed by atoms with Crippen molar-refractivity contribution in [1.82, 2.24) is 19.1 Å². The van der Waals surface area contributed by atoms with Crippen LogP contribution in [0.25, 0.3) is 11.4 Å². The molecule has 0 atom stereocenters. The van der Waals surface area contributed by atoms with Gasteiger partial charge < -0.3 is 14.8 Å². The van der Waals surface area contributed by atoms with Crippen LogP contribution in [0.2, 0.25) is 5.02 Å². The minimum atomic E-state index is -0.284. The minimum Gasteiger partial charge on any atom is -0.493 e. The van der Waals surface area contributed by atoms with Crippen LogP contribution >= 0.6 is 23.8 Å². The molecule has 2 aromatic carbocycles. The quantitative estimate of drug-likeness (QED) is 0.403. The lowest BCUT2D eigenvalue weighted by molar-refractivity contribution is -0.116. The molecule has 2 heterocycles. The van der Waals surface area contributed by atoms with Crippen molar-refractivity contribution in [2.75, 3.05) is 19.5 Å². The molecule has 1 N–H and O–H groups in total. The second-order valence-electron chi connectivity index (χ2n) is 6.76. The van der Waals surface area contributed by atoms with Gasteiger partial charge in [-0.25, -0.2) is 9.36 Å². The number of rotatable bonds is 7. The maximum absolute atomic E-state index is 12.8. The predicted octanol–water partition coefficient (Wildman–Crippen LogP) is 4.50. The Bertz CT molecular complexity index is 1300. The van der Waals surface area contributed by atoms with E-state index >= 15 is 0 Å². The van der Waals surface area contributed by atoms with Crippen LogP contribution in [-0.4, -0.2) is 39.3 Å². The van der Waals surface area contributed by atoms with Crippen LogP contribution in [0.1, 0.15) is 0 Å². The molecule has 4 aromatic rings. The van der Waals surface area contributed by atoms with Gasteiger partial charge in [0.25, 0.3) is 0 Å². The van der Waals surface area contributed by atoms with Gasteiger partial charge in [-0.1, -0.05) is 11.6 Å². The fraction of sp³-hybridized carbons (Fsp3) is 0.136. The molecule has 8 nitrogen and oxygen atoms in total. The zero-order chi connectivity index (χ0) is 22.7. The van der Waals surface area contributed by atoms with Crippen molar-refractivity contribution in [3.63, 3.8) is 0 Å². The molecule has 0 bridgehead atoms. The van der Waals surface area contributed by atoms with E-state index < -0.39 is 0 Å². The fourth-order valence-electron chi connectivity index (χ4n) is 3.20. The second kappa shape index (κ2) is 9.29. The standard InChI is InChI=1S/C22H20ClN5O3S/c1-30-18-10-9-17(13-19(18)31-2)24-20(29)14-27-22(32)28(26-11-3-4-12-26)21(25-27)15-5-7-16(23)8-6-15/h3-13H,14H2,1-2H3,(H,24,29). The summed E-state index contributed by atoms with van der Waals surface area (Å²) in [7, 11) is 3.09. The Morgan fingerprint density at radius 1 is 1.06 bits per heavy atom. The summed E-state index contributed by atoms with van der Waals surface area (Å²) in [6.45, 7) is -0.0674. The summed E-state index contributed by atoms with van der Waals surface area (Å²) in [5.41, 5.74) is 1.38. The van der Waals surface area contributed by atoms with E-state index in [1.807, 2.05) is 41.3 Å². The topological polar surface area (TPSA) is 75.2 Å². The van der Waals surface area contributed by atoms with Crippen LogP contribution in [0.15, 0.2) is 67.0 Å². The number of carbonyl (C=O) groups excluding carboxylic acids is 1. The van der Waals surface area contributed by atoms with Gasteiger partial charge >= 0.3 is 0 Å². The molecule has 0 aliphatic rings. The summed E-state index contributed by atoms with van der Waals surface area (Å²) < 4.78 is 15.9. The highest BCUT2D eigenvalue weighted by molar-refractivity contribution is 7.71. The van der Waals surface area contributed by atoms with E-state index in [2.05, 4.69) is 10.4 Å². The number of amides is 1. The average Bonchev–Trinajstić information content (AvgIpc) is 3.42. The third-order valence-corrected chi connectivity index (χ3v) is 5.34. The van der Waals surface area contributed by atoms with E-state index in [9.17, 15) is 4.79 Å². The van der Waals surface area contributed by atoms with Crippen LogP contribution in [0.5, 0.6) is 11.5 Å². The van der Waals surface area contributed by atoms with Crippen LogP contribution in [0, 0.1) is 4.77 Å². The van der Waals surface area contributed by atoms with Crippen LogP contribution in [-0.2, 0) is 11.3 Å². The lowest BCUT2D eigenvalue weighted by Crippen LogP contribution is -2.20. The van der Waals surface area contributed by atoms with Gasteiger partial charge in [0.2, 0.25) is 10.7 Å². The van der Waals surface area contributed by atoms with Gasteiger partial charge in [-0.15, -0.1) is 5.10 Å². The Labute approximate surface area is 194 Å². The molecule has 0 fully saturated rings. The Morgan fingerprint density at radius 3 is 2.41 bits per heavy atom. The van der Waals surface area contributed by atoms with Crippen molar-refractivity contribution in [2.45, 2.75) is 6.54 Å². The number of anilines is 1. The smallest absolute Gasteiger partial charge is 0.246 e. The van der Waals surface area contributed by atoms with Crippen molar-refractivity contribution in [1.29, 1.82) is 0 Å². The van der Waals surface area contributed by atoms with Crippen LogP contribution < -0.4 is 14.8 Å². The normalized spacial score (nSPS) is 10.7. The molecule has 0 saturated carbocycles. The van der Waals surface area contributed by atoms with Gasteiger partial charge in [0.15, 0.2) is 17.3 Å². The number of aromatic nitrogens is 4. The summed E-state index contributed by atoms with van der Waals surface area (Å²) in [6, 6.07) is 16.2. The maximum atomic E-state index is 12.8. The lowest BCUT2D eigenvalue weighted by atomic mass is 10.2. The number of benzene rings is 2. The van der Waals surface area contributed by atoms with Crippen molar-refractivity contribution in [2.24, 2.45) is 0 Å². The highest BCUT2D eigenvalue weighted by Crippen LogP contribution is 2.29. The summed E-state index contributed by atoms with van der Waals surface area (Å²) in [4.78, 5) is 12.8. The Hall–Kier alpha value is -3.56. The molecule has 4 rings (SSSR count). The molecule has 0 aliphatic carbocycles. The number of carbonyl (C=O) groups is 1. The minimum absolute atomic E-state index is 0.0674. The molecule has 164 valence electrons. The first-order valence-electron chi connectivity index (χ1n) is 9.61. The highest BCUT2D eigenvalue weighted by atomic mass is 35.5. The van der Waals surface area contributed by atoms with E-state index in [1.54, 1.807) is 42.1 Å². The first-order chi connectivity index (χ1) is 15.5. The number of hydrogen-bond donors (Lipinski definition) is 1.